The molecule has 4 heteroatoms. The number of nitrogens with one attached hydrogen (secondary N) is 1. The molecular formula is C20H23NO3. The van der Waals surface area contributed by atoms with Gasteiger partial charge in [0.05, 0.1) is 19.8 Å². The zero-order chi connectivity index (χ0) is 16.6. The number of hydrogen-bond acceptors (Lipinski definition) is 4. The molecule has 1 aliphatic carbocycles. The lowest BCUT2D eigenvalue weighted by molar-refractivity contribution is -0.0309. The molecule has 126 valence electrons. The second kappa shape index (κ2) is 6.02. The first-order valence-corrected chi connectivity index (χ1v) is 8.55. The second-order valence-corrected chi connectivity index (χ2v) is 6.76. The summed E-state index contributed by atoms with van der Waals surface area (Å²) in [6.45, 7) is -0.0347. The third-order valence-electron chi connectivity index (χ3n) is 5.25. The molecule has 1 unspecified atom stereocenters. The first-order valence-electron chi connectivity index (χ1n) is 8.55. The summed E-state index contributed by atoms with van der Waals surface area (Å²) in [6.07, 6.45) is 4.48. The van der Waals surface area contributed by atoms with Crippen LogP contribution in [0.1, 0.15) is 42.9 Å². The van der Waals surface area contributed by atoms with Crippen LogP contribution >= 0.6 is 0 Å². The fourth-order valence-corrected chi connectivity index (χ4v) is 3.82. The number of hydrogen-bond donors (Lipinski definition) is 2. The average molecular weight is 325 g/mol. The molecule has 0 radical (unpaired) electrons. The topological polar surface area (TPSA) is 50.7 Å². The Morgan fingerprint density at radius 2 is 2.08 bits per heavy atom. The summed E-state index contributed by atoms with van der Waals surface area (Å²) < 4.78 is 11.6. The van der Waals surface area contributed by atoms with E-state index in [9.17, 15) is 5.11 Å². The van der Waals surface area contributed by atoms with Gasteiger partial charge in [0.15, 0.2) is 0 Å². The van der Waals surface area contributed by atoms with Crippen LogP contribution in [0, 0.1) is 0 Å². The van der Waals surface area contributed by atoms with Crippen molar-refractivity contribution in [2.24, 2.45) is 0 Å². The molecule has 1 heterocycles. The van der Waals surface area contributed by atoms with Crippen LogP contribution in [0.5, 0.6) is 11.5 Å². The minimum absolute atomic E-state index is 0.00169. The van der Waals surface area contributed by atoms with Gasteiger partial charge in [-0.1, -0.05) is 18.2 Å². The number of ether oxygens (including phenoxy) is 2. The van der Waals surface area contributed by atoms with Crippen molar-refractivity contribution in [3.05, 3.63) is 53.6 Å². The first-order chi connectivity index (χ1) is 11.7. The Hall–Kier alpha value is -2.20. The summed E-state index contributed by atoms with van der Waals surface area (Å²) in [4.78, 5) is 0. The largest absolute Gasteiger partial charge is 0.496 e. The number of aliphatic hydroxyl groups is 1. The van der Waals surface area contributed by atoms with Crippen LogP contribution in [-0.2, 0) is 6.61 Å². The highest BCUT2D eigenvalue weighted by Gasteiger charge is 2.45. The van der Waals surface area contributed by atoms with Crippen molar-refractivity contribution < 1.29 is 14.6 Å². The maximum absolute atomic E-state index is 9.54. The Morgan fingerprint density at radius 3 is 2.79 bits per heavy atom. The number of para-hydroxylation sites is 1. The van der Waals surface area contributed by atoms with E-state index < -0.39 is 0 Å². The molecule has 24 heavy (non-hydrogen) atoms. The Balaban J connectivity index is 1.64. The number of methoxy groups -OCH3 is 1. The summed E-state index contributed by atoms with van der Waals surface area (Å²) in [5.74, 6) is 1.71. The zero-order valence-electron chi connectivity index (χ0n) is 13.9. The van der Waals surface area contributed by atoms with E-state index in [-0.39, 0.29) is 18.2 Å². The fourth-order valence-electron chi connectivity index (χ4n) is 3.82. The summed E-state index contributed by atoms with van der Waals surface area (Å²) in [5, 5.41) is 13.2. The van der Waals surface area contributed by atoms with Crippen LogP contribution in [0.4, 0.5) is 5.69 Å². The second-order valence-electron chi connectivity index (χ2n) is 6.76. The third kappa shape index (κ3) is 2.61. The SMILES string of the molecule is COc1ccc(NC2CC3(CCC3)Oc3ccccc32)cc1CO. The van der Waals surface area contributed by atoms with Crippen molar-refractivity contribution >= 4 is 5.69 Å². The molecule has 2 N–H and O–H groups in total. The van der Waals surface area contributed by atoms with E-state index in [0.29, 0.717) is 5.75 Å². The van der Waals surface area contributed by atoms with Crippen molar-refractivity contribution in [2.45, 2.75) is 43.9 Å². The molecule has 1 fully saturated rings. The molecule has 0 bridgehead atoms. The van der Waals surface area contributed by atoms with E-state index in [2.05, 4.69) is 23.5 Å². The monoisotopic (exact) mass is 325 g/mol. The van der Waals surface area contributed by atoms with Crippen LogP contribution in [0.2, 0.25) is 0 Å². The van der Waals surface area contributed by atoms with E-state index in [0.717, 1.165) is 36.3 Å². The molecule has 1 atom stereocenters. The Morgan fingerprint density at radius 1 is 1.25 bits per heavy atom. The van der Waals surface area contributed by atoms with Gasteiger partial charge in [-0.25, -0.2) is 0 Å². The van der Waals surface area contributed by atoms with Gasteiger partial charge in [0.25, 0.3) is 0 Å². The summed E-state index contributed by atoms with van der Waals surface area (Å²) in [6, 6.07) is 14.4. The predicted molar refractivity (Wildman–Crippen MR) is 93.5 cm³/mol. The van der Waals surface area contributed by atoms with E-state index in [1.165, 1.54) is 12.0 Å². The van der Waals surface area contributed by atoms with E-state index in [1.807, 2.05) is 24.3 Å². The highest BCUT2D eigenvalue weighted by molar-refractivity contribution is 5.54. The van der Waals surface area contributed by atoms with Gasteiger partial charge >= 0.3 is 0 Å². The summed E-state index contributed by atoms with van der Waals surface area (Å²) in [5.41, 5.74) is 2.99. The predicted octanol–water partition coefficient (Wildman–Crippen LogP) is 4.05. The van der Waals surface area contributed by atoms with Gasteiger partial charge in [0.1, 0.15) is 17.1 Å². The van der Waals surface area contributed by atoms with Crippen molar-refractivity contribution in [3.8, 4) is 11.5 Å². The summed E-state index contributed by atoms with van der Waals surface area (Å²) in [7, 11) is 1.62. The number of benzene rings is 2. The highest BCUT2D eigenvalue weighted by Crippen LogP contribution is 2.49. The standard InChI is InChI=1S/C20H23NO3/c1-23-18-8-7-15(11-14(18)13-22)21-17-12-20(9-4-10-20)24-19-6-3-2-5-16(17)19/h2-3,5-8,11,17,21-22H,4,9-10,12-13H2,1H3. The molecule has 1 saturated carbocycles. The van der Waals surface area contributed by atoms with E-state index in [4.69, 9.17) is 9.47 Å². The van der Waals surface area contributed by atoms with Gasteiger partial charge in [-0.3, -0.25) is 0 Å². The third-order valence-corrected chi connectivity index (χ3v) is 5.25. The zero-order valence-corrected chi connectivity index (χ0v) is 13.9. The van der Waals surface area contributed by atoms with Crippen LogP contribution in [-0.4, -0.2) is 17.8 Å². The van der Waals surface area contributed by atoms with Crippen LogP contribution in [0.15, 0.2) is 42.5 Å². The van der Waals surface area contributed by atoms with Gasteiger partial charge in [0, 0.05) is 23.2 Å². The maximum atomic E-state index is 9.54. The van der Waals surface area contributed by atoms with Gasteiger partial charge in [-0.15, -0.1) is 0 Å². The van der Waals surface area contributed by atoms with Crippen molar-refractivity contribution in [1.82, 2.24) is 0 Å². The molecule has 2 aromatic rings. The lowest BCUT2D eigenvalue weighted by Crippen LogP contribution is -2.48. The quantitative estimate of drug-likeness (QED) is 0.890. The molecule has 1 aliphatic heterocycles. The smallest absolute Gasteiger partial charge is 0.125 e. The number of rotatable bonds is 4. The molecule has 0 amide bonds. The fraction of sp³-hybridized carbons (Fsp3) is 0.400. The molecule has 4 nitrogen and oxygen atoms in total. The molecule has 0 saturated heterocycles. The normalized spacial score (nSPS) is 20.7. The van der Waals surface area contributed by atoms with Crippen molar-refractivity contribution in [3.63, 3.8) is 0 Å². The van der Waals surface area contributed by atoms with Gasteiger partial charge in [-0.2, -0.15) is 0 Å². The lowest BCUT2D eigenvalue weighted by atomic mass is 9.73. The van der Waals surface area contributed by atoms with E-state index in [1.54, 1.807) is 7.11 Å². The minimum Gasteiger partial charge on any atom is -0.496 e. The van der Waals surface area contributed by atoms with Gasteiger partial charge in [-0.05, 0) is 43.5 Å². The van der Waals surface area contributed by atoms with Gasteiger partial charge in [0.2, 0.25) is 0 Å². The number of aliphatic hydroxyl groups excluding tert-OH is 1. The van der Waals surface area contributed by atoms with E-state index >= 15 is 0 Å². The summed E-state index contributed by atoms with van der Waals surface area (Å²) >= 11 is 0. The van der Waals surface area contributed by atoms with Crippen molar-refractivity contribution in [2.75, 3.05) is 12.4 Å². The van der Waals surface area contributed by atoms with Crippen LogP contribution in [0.25, 0.3) is 0 Å². The average Bonchev–Trinajstić information content (AvgIpc) is 2.60. The van der Waals surface area contributed by atoms with Gasteiger partial charge < -0.3 is 19.9 Å². The first kappa shape index (κ1) is 15.3. The number of anilines is 1. The van der Waals surface area contributed by atoms with Crippen LogP contribution in [0.3, 0.4) is 0 Å². The van der Waals surface area contributed by atoms with Crippen molar-refractivity contribution in [1.29, 1.82) is 0 Å². The molecule has 1 spiro atoms. The molecule has 2 aromatic carbocycles. The molecule has 2 aliphatic rings. The van der Waals surface area contributed by atoms with Crippen LogP contribution < -0.4 is 14.8 Å². The Kier molecular flexibility index (Phi) is 3.85. The maximum Gasteiger partial charge on any atom is 0.125 e. The number of fused-ring (bicyclic) bond motifs is 1. The Labute approximate surface area is 142 Å². The lowest BCUT2D eigenvalue weighted by Gasteiger charge is -2.48. The minimum atomic E-state index is -0.0347. The highest BCUT2D eigenvalue weighted by atomic mass is 16.5. The molecule has 4 rings (SSSR count). The Bertz CT molecular complexity index is 739. The molecule has 0 aromatic heterocycles. The molecular weight excluding hydrogens is 302 g/mol.